The van der Waals surface area contributed by atoms with Crippen molar-refractivity contribution < 1.29 is 45.9 Å². The number of imidazole rings is 1. The van der Waals surface area contributed by atoms with E-state index in [0.717, 1.165) is 0 Å². The highest BCUT2D eigenvalue weighted by Crippen LogP contribution is 2.60. The highest BCUT2D eigenvalue weighted by Gasteiger charge is 2.55. The molecule has 2 saturated heterocycles. The van der Waals surface area contributed by atoms with E-state index < -0.39 is 76.0 Å². The molecule has 5 heterocycles. The van der Waals surface area contributed by atoms with Crippen molar-refractivity contribution in [2.75, 3.05) is 25.1 Å². The molecule has 0 unspecified atom stereocenters. The lowest BCUT2D eigenvalue weighted by Gasteiger charge is -2.41. The number of nitrogens with one attached hydrogen (secondary N) is 2. The van der Waals surface area contributed by atoms with E-state index in [1.807, 2.05) is 13.1 Å². The van der Waals surface area contributed by atoms with Crippen molar-refractivity contribution in [3.63, 3.8) is 0 Å². The topological polar surface area (TPSA) is 233 Å². The van der Waals surface area contributed by atoms with Gasteiger partial charge in [0.1, 0.15) is 30.7 Å². The Balaban J connectivity index is 1.42. The number of nitrogens with zero attached hydrogens (tertiary/aromatic N) is 6. The molecular formula is C33H48N8O11P2S2Si. The van der Waals surface area contributed by atoms with Gasteiger partial charge in [0, 0.05) is 30.5 Å². The number of amides is 1. The third kappa shape index (κ3) is 10.4. The zero-order valence-corrected chi connectivity index (χ0v) is 37.1. The third-order valence-electron chi connectivity index (χ3n) is 10.3. The minimum absolute atomic E-state index is 0.00730. The first-order valence-corrected chi connectivity index (χ1v) is 26.6. The van der Waals surface area contributed by atoms with Gasteiger partial charge in [0.05, 0.1) is 44.7 Å². The molecule has 2 aliphatic heterocycles. The van der Waals surface area contributed by atoms with Crippen molar-refractivity contribution in [2.24, 2.45) is 11.8 Å². The number of H-pyrrole nitrogens is 1. The van der Waals surface area contributed by atoms with Crippen LogP contribution in [0.3, 0.4) is 0 Å². The number of carbonyl (C=O) groups is 1. The number of rotatable bonds is 10. The summed E-state index contributed by atoms with van der Waals surface area (Å²) >= 11 is 10.5. The Hall–Kier alpha value is -2.64. The molecule has 57 heavy (non-hydrogen) atoms. The zero-order chi connectivity index (χ0) is 41.3. The van der Waals surface area contributed by atoms with E-state index in [1.165, 1.54) is 17.2 Å². The fourth-order valence-electron chi connectivity index (χ4n) is 6.23. The fourth-order valence-corrected chi connectivity index (χ4v) is 11.2. The van der Waals surface area contributed by atoms with Gasteiger partial charge in [-0.1, -0.05) is 46.9 Å². The first kappa shape index (κ1) is 43.9. The summed E-state index contributed by atoms with van der Waals surface area (Å²) in [5, 5.41) is 11.7. The number of ether oxygens (including phenoxy) is 2. The van der Waals surface area contributed by atoms with Crippen molar-refractivity contribution in [3.05, 3.63) is 35.3 Å². The predicted molar refractivity (Wildman–Crippen MR) is 215 cm³/mol. The van der Waals surface area contributed by atoms with Crippen LogP contribution in [0.1, 0.15) is 60.1 Å². The van der Waals surface area contributed by atoms with Crippen molar-refractivity contribution >= 4 is 68.9 Å². The molecule has 1 amide bonds. The Kier molecular flexibility index (Phi) is 13.5. The number of fused-ring (bicyclic) bond motifs is 4. The maximum atomic E-state index is 14.0. The predicted octanol–water partition coefficient (Wildman–Crippen LogP) is 5.66. The van der Waals surface area contributed by atoms with E-state index >= 15 is 0 Å². The number of carbonyl (C=O) groups excluding carboxylic acids is 1. The van der Waals surface area contributed by atoms with Gasteiger partial charge in [0.2, 0.25) is 17.7 Å². The van der Waals surface area contributed by atoms with Crippen molar-refractivity contribution in [1.82, 2.24) is 29.5 Å². The van der Waals surface area contributed by atoms with Crippen LogP contribution in [0.25, 0.3) is 11.2 Å². The monoisotopic (exact) mass is 886 g/mol. The summed E-state index contributed by atoms with van der Waals surface area (Å²) in [5.74, 6) is -0.960. The minimum atomic E-state index is -4.09. The SMILES string of the molecule is CC(C)C(=O)Nc1nc2c(ncn2[C@@H]2O[C@@H]3CO[P@@](=O)(S)O[C@H]4C[C@H](Oc5ccncn5)C[C@@H]4CO[P@](=S)(OCCC#N)O[C@@H]2[C@@H]3O[Si](C)(C)C(C)(C)C)c(=O)[nH]1. The van der Waals surface area contributed by atoms with Crippen LogP contribution in [0.2, 0.25) is 18.1 Å². The Morgan fingerprint density at radius 1 is 1.21 bits per heavy atom. The quantitative estimate of drug-likeness (QED) is 0.0965. The van der Waals surface area contributed by atoms with Crippen LogP contribution >= 0.6 is 25.8 Å². The molecule has 1 saturated carbocycles. The molecule has 24 heteroatoms. The number of aromatic amines is 1. The number of aromatic nitrogens is 6. The van der Waals surface area contributed by atoms with E-state index in [9.17, 15) is 19.4 Å². The smallest absolute Gasteiger partial charge is 0.386 e. The molecule has 9 atom stereocenters. The van der Waals surface area contributed by atoms with Gasteiger partial charge in [-0.15, -0.1) is 0 Å². The molecule has 2 N–H and O–H groups in total. The molecule has 2 bridgehead atoms. The highest BCUT2D eigenvalue weighted by molar-refractivity contribution is 8.44. The number of nitriles is 1. The number of thiol groups is 1. The van der Waals surface area contributed by atoms with Crippen LogP contribution in [0.15, 0.2) is 29.7 Å². The summed E-state index contributed by atoms with van der Waals surface area (Å²) in [6.07, 6.45) is -0.411. The van der Waals surface area contributed by atoms with Crippen molar-refractivity contribution in [3.8, 4) is 11.9 Å². The van der Waals surface area contributed by atoms with E-state index in [1.54, 1.807) is 26.1 Å². The minimum Gasteiger partial charge on any atom is -0.474 e. The van der Waals surface area contributed by atoms with Gasteiger partial charge < -0.3 is 22.9 Å². The molecule has 0 aromatic carbocycles. The van der Waals surface area contributed by atoms with Crippen LogP contribution in [0, 0.1) is 23.2 Å². The number of anilines is 1. The molecule has 6 rings (SSSR count). The molecule has 0 radical (unpaired) electrons. The summed E-state index contributed by atoms with van der Waals surface area (Å²) in [7, 11) is -2.67. The Morgan fingerprint density at radius 3 is 2.67 bits per heavy atom. The first-order valence-electron chi connectivity index (χ1n) is 18.4. The first-order chi connectivity index (χ1) is 26.8. The second-order valence-corrected chi connectivity index (χ2v) is 26.4. The number of hydrogen-bond donors (Lipinski definition) is 3. The summed E-state index contributed by atoms with van der Waals surface area (Å²) in [4.78, 5) is 45.3. The third-order valence-corrected chi connectivity index (χ3v) is 18.7. The lowest BCUT2D eigenvalue weighted by molar-refractivity contribution is -0.118. The standard InChI is InChI=1S/C33H48N8O11P2S2Si/c1-19(2)29(42)39-32-38-28-25(30(43)40-32)37-18-41(28)31-27-26(52-57(6,7)33(3,4)5)23(49-31)16-46-53(44,55)50-22-14-21(48-24-9-11-35-17-36-24)13-20(22)15-47-54(56,51-27)45-12-8-10-34/h9,11,17-23,26-27,31H,8,12-16H2,1-7H3,(H,44,55)(H2,38,39,40,42,43)/t20-,21-,22+,23-,26-,27-,31-,53-,54-/m1/s1. The molecule has 3 fully saturated rings. The Labute approximate surface area is 341 Å². The van der Waals surface area contributed by atoms with Gasteiger partial charge in [-0.25, -0.2) is 19.5 Å². The van der Waals surface area contributed by atoms with Crippen LogP contribution < -0.4 is 15.6 Å². The molecule has 19 nitrogen and oxygen atoms in total. The molecule has 1 aliphatic carbocycles. The van der Waals surface area contributed by atoms with Gasteiger partial charge in [-0.05, 0) is 36.4 Å². The second-order valence-electron chi connectivity index (χ2n) is 15.8. The summed E-state index contributed by atoms with van der Waals surface area (Å²) < 4.78 is 66.8. The van der Waals surface area contributed by atoms with Gasteiger partial charge in [0.15, 0.2) is 25.7 Å². The molecule has 3 aromatic heterocycles. The van der Waals surface area contributed by atoms with Crippen LogP contribution in [-0.2, 0) is 52.9 Å². The summed E-state index contributed by atoms with van der Waals surface area (Å²) in [6, 6.07) is 3.68. The van der Waals surface area contributed by atoms with E-state index in [-0.39, 0.29) is 54.3 Å². The zero-order valence-electron chi connectivity index (χ0n) is 32.6. The average Bonchev–Trinajstić information content (AvgIpc) is 3.81. The van der Waals surface area contributed by atoms with Gasteiger partial charge >= 0.3 is 13.5 Å². The lowest BCUT2D eigenvalue weighted by Crippen LogP contribution is -2.50. The molecule has 312 valence electrons. The van der Waals surface area contributed by atoms with E-state index in [0.29, 0.717) is 18.7 Å². The maximum Gasteiger partial charge on any atom is 0.386 e. The fraction of sp³-hybridized carbons (Fsp3) is 0.667. The highest BCUT2D eigenvalue weighted by atomic mass is 32.7. The summed E-state index contributed by atoms with van der Waals surface area (Å²) in [5.41, 5.74) is -0.605. The second kappa shape index (κ2) is 17.5. The Bertz CT molecular complexity index is 2120. The molecule has 3 aromatic rings. The normalized spacial score (nSPS) is 31.2. The average molecular weight is 887 g/mol. The van der Waals surface area contributed by atoms with Crippen LogP contribution in [0.4, 0.5) is 5.95 Å². The van der Waals surface area contributed by atoms with E-state index in [2.05, 4.69) is 69.3 Å². The Morgan fingerprint density at radius 2 is 1.98 bits per heavy atom. The van der Waals surface area contributed by atoms with Gasteiger partial charge in [0.25, 0.3) is 5.56 Å². The largest absolute Gasteiger partial charge is 0.474 e. The van der Waals surface area contributed by atoms with Crippen molar-refractivity contribution in [1.29, 1.82) is 5.26 Å². The van der Waals surface area contributed by atoms with Gasteiger partial charge in [-0.3, -0.25) is 38.0 Å². The number of hydrogen-bond acceptors (Lipinski definition) is 17. The summed E-state index contributed by atoms with van der Waals surface area (Å²) in [6.45, 7) is 5.29. The molecular weight excluding hydrogens is 839 g/mol. The van der Waals surface area contributed by atoms with Crippen LogP contribution in [0.5, 0.6) is 5.88 Å². The maximum absolute atomic E-state index is 14.0. The van der Waals surface area contributed by atoms with Crippen molar-refractivity contribution in [2.45, 2.75) is 109 Å². The van der Waals surface area contributed by atoms with Gasteiger partial charge in [-0.2, -0.15) is 10.2 Å². The van der Waals surface area contributed by atoms with E-state index in [4.69, 9.17) is 48.3 Å². The van der Waals surface area contributed by atoms with Crippen LogP contribution in [-0.4, -0.2) is 94.1 Å². The lowest BCUT2D eigenvalue weighted by atomic mass is 10.1. The molecule has 3 aliphatic rings. The molecule has 0 spiro atoms.